The molecule has 0 amide bonds. The van der Waals surface area contributed by atoms with Crippen LogP contribution in [0.25, 0.3) is 11.6 Å². The van der Waals surface area contributed by atoms with E-state index in [9.17, 15) is 9.90 Å². The van der Waals surface area contributed by atoms with E-state index in [2.05, 4.69) is 9.97 Å². The lowest BCUT2D eigenvalue weighted by molar-refractivity contribution is 0.00628. The molecule has 0 bridgehead atoms. The molecule has 2 aromatic heterocycles. The van der Waals surface area contributed by atoms with Crippen LogP contribution in [0.15, 0.2) is 21.4 Å². The Balaban J connectivity index is 2.12. The second kappa shape index (κ2) is 7.14. The zero-order valence-electron chi connectivity index (χ0n) is 14.3. The summed E-state index contributed by atoms with van der Waals surface area (Å²) < 4.78 is 15.8. The van der Waals surface area contributed by atoms with Crippen molar-refractivity contribution in [1.29, 1.82) is 0 Å². The summed E-state index contributed by atoms with van der Waals surface area (Å²) in [5.41, 5.74) is 5.61. The number of ether oxygens (including phenoxy) is 1. The van der Waals surface area contributed by atoms with Crippen LogP contribution in [0.5, 0.6) is 0 Å². The van der Waals surface area contributed by atoms with Gasteiger partial charge in [0.1, 0.15) is 24.2 Å². The SMILES string of the molecule is CCCC(O)C(N)c1nc(-c2nc(C(=O)OC(C)(C)C)co2)co1. The van der Waals surface area contributed by atoms with E-state index in [4.69, 9.17) is 19.3 Å². The zero-order valence-corrected chi connectivity index (χ0v) is 14.3. The highest BCUT2D eigenvalue weighted by molar-refractivity contribution is 5.87. The summed E-state index contributed by atoms with van der Waals surface area (Å²) in [6, 6.07) is -0.737. The van der Waals surface area contributed by atoms with Gasteiger partial charge in [0.05, 0.1) is 6.10 Å². The Morgan fingerprint density at radius 2 is 2.04 bits per heavy atom. The largest absolute Gasteiger partial charge is 0.455 e. The molecule has 0 aliphatic rings. The zero-order chi connectivity index (χ0) is 17.9. The van der Waals surface area contributed by atoms with Gasteiger partial charge in [0, 0.05) is 0 Å². The number of hydrogen-bond acceptors (Lipinski definition) is 8. The first-order chi connectivity index (χ1) is 11.2. The molecule has 2 aromatic rings. The number of nitrogens with zero attached hydrogens (tertiary/aromatic N) is 2. The summed E-state index contributed by atoms with van der Waals surface area (Å²) in [5.74, 6) is -0.290. The molecule has 0 aromatic carbocycles. The summed E-state index contributed by atoms with van der Waals surface area (Å²) in [7, 11) is 0. The Hall–Kier alpha value is -2.19. The molecule has 0 saturated heterocycles. The highest BCUT2D eigenvalue weighted by Gasteiger charge is 2.25. The Bertz CT molecular complexity index is 686. The van der Waals surface area contributed by atoms with Crippen molar-refractivity contribution >= 4 is 5.97 Å². The van der Waals surface area contributed by atoms with Gasteiger partial charge in [-0.15, -0.1) is 0 Å². The first-order valence-corrected chi connectivity index (χ1v) is 7.79. The van der Waals surface area contributed by atoms with Gasteiger partial charge in [-0.05, 0) is 27.2 Å². The van der Waals surface area contributed by atoms with Gasteiger partial charge in [-0.3, -0.25) is 0 Å². The number of carbonyl (C=O) groups is 1. The third kappa shape index (κ3) is 4.42. The molecule has 0 fully saturated rings. The van der Waals surface area contributed by atoms with Gasteiger partial charge in [0.2, 0.25) is 11.8 Å². The Labute approximate surface area is 140 Å². The van der Waals surface area contributed by atoms with Gasteiger partial charge in [-0.2, -0.15) is 0 Å². The van der Waals surface area contributed by atoms with Crippen molar-refractivity contribution < 1.29 is 23.5 Å². The molecule has 132 valence electrons. The predicted molar refractivity (Wildman–Crippen MR) is 85.0 cm³/mol. The Morgan fingerprint density at radius 3 is 2.67 bits per heavy atom. The van der Waals surface area contributed by atoms with Crippen LogP contribution in [-0.4, -0.2) is 32.7 Å². The molecule has 8 heteroatoms. The van der Waals surface area contributed by atoms with E-state index in [0.717, 1.165) is 6.42 Å². The molecule has 0 aliphatic heterocycles. The van der Waals surface area contributed by atoms with E-state index in [0.29, 0.717) is 12.1 Å². The Morgan fingerprint density at radius 1 is 1.33 bits per heavy atom. The minimum absolute atomic E-state index is 0.0415. The standard InChI is InChI=1S/C16H23N3O5/c1-5-6-11(20)12(17)14-18-9(7-23-14)13-19-10(8-22-13)15(21)24-16(2,3)4/h7-8,11-12,20H,5-6,17H2,1-4H3. The number of rotatable bonds is 6. The number of aliphatic hydroxyl groups is 1. The van der Waals surface area contributed by atoms with E-state index < -0.39 is 23.7 Å². The van der Waals surface area contributed by atoms with Crippen LogP contribution in [0, 0.1) is 0 Å². The predicted octanol–water partition coefficient (Wildman–Crippen LogP) is 2.45. The molecule has 8 nitrogen and oxygen atoms in total. The number of oxazole rings is 2. The van der Waals surface area contributed by atoms with Crippen molar-refractivity contribution in [3.8, 4) is 11.6 Å². The topological polar surface area (TPSA) is 125 Å². The Kier molecular flexibility index (Phi) is 5.40. The molecular weight excluding hydrogens is 314 g/mol. The maximum absolute atomic E-state index is 11.9. The van der Waals surface area contributed by atoms with Crippen LogP contribution in [-0.2, 0) is 4.74 Å². The molecule has 0 radical (unpaired) electrons. The van der Waals surface area contributed by atoms with Crippen molar-refractivity contribution in [2.75, 3.05) is 0 Å². The monoisotopic (exact) mass is 337 g/mol. The smallest absolute Gasteiger partial charge is 0.360 e. The maximum atomic E-state index is 11.9. The van der Waals surface area contributed by atoms with E-state index >= 15 is 0 Å². The normalized spacial score (nSPS) is 14.4. The van der Waals surface area contributed by atoms with Gasteiger partial charge < -0.3 is 24.4 Å². The number of hydrogen-bond donors (Lipinski definition) is 2. The number of carbonyl (C=O) groups excluding carboxylic acids is 1. The molecule has 0 spiro atoms. The molecule has 2 heterocycles. The third-order valence-electron chi connectivity index (χ3n) is 3.14. The van der Waals surface area contributed by atoms with Crippen molar-refractivity contribution in [3.63, 3.8) is 0 Å². The van der Waals surface area contributed by atoms with E-state index in [1.807, 2.05) is 6.92 Å². The second-order valence-electron chi connectivity index (χ2n) is 6.49. The average molecular weight is 337 g/mol. The number of nitrogens with two attached hydrogens (primary N) is 1. The molecule has 3 N–H and O–H groups in total. The molecular formula is C16H23N3O5. The van der Waals surface area contributed by atoms with Crippen LogP contribution >= 0.6 is 0 Å². The fourth-order valence-corrected chi connectivity index (χ4v) is 1.99. The van der Waals surface area contributed by atoms with Crippen molar-refractivity contribution in [1.82, 2.24) is 9.97 Å². The lowest BCUT2D eigenvalue weighted by atomic mass is 10.1. The highest BCUT2D eigenvalue weighted by Crippen LogP contribution is 2.23. The average Bonchev–Trinajstić information content (AvgIpc) is 3.13. The molecule has 0 saturated carbocycles. The molecule has 2 atom stereocenters. The van der Waals surface area contributed by atoms with Gasteiger partial charge in [-0.1, -0.05) is 13.3 Å². The summed E-state index contributed by atoms with van der Waals surface area (Å²) in [5, 5.41) is 9.91. The summed E-state index contributed by atoms with van der Waals surface area (Å²) >= 11 is 0. The molecule has 24 heavy (non-hydrogen) atoms. The fraction of sp³-hybridized carbons (Fsp3) is 0.562. The summed E-state index contributed by atoms with van der Waals surface area (Å²) in [6.07, 6.45) is 3.10. The van der Waals surface area contributed by atoms with Gasteiger partial charge in [0.15, 0.2) is 11.4 Å². The van der Waals surface area contributed by atoms with Crippen molar-refractivity contribution in [2.45, 2.75) is 58.3 Å². The lowest BCUT2D eigenvalue weighted by Crippen LogP contribution is -2.26. The van der Waals surface area contributed by atoms with Gasteiger partial charge in [0.25, 0.3) is 0 Å². The van der Waals surface area contributed by atoms with Crippen LogP contribution in [0.2, 0.25) is 0 Å². The number of aliphatic hydroxyl groups excluding tert-OH is 1. The van der Waals surface area contributed by atoms with Gasteiger partial charge >= 0.3 is 5.97 Å². The van der Waals surface area contributed by atoms with Gasteiger partial charge in [-0.25, -0.2) is 14.8 Å². The van der Waals surface area contributed by atoms with E-state index in [-0.39, 0.29) is 17.5 Å². The van der Waals surface area contributed by atoms with Crippen LogP contribution in [0.3, 0.4) is 0 Å². The minimum Gasteiger partial charge on any atom is -0.455 e. The molecule has 2 rings (SSSR count). The van der Waals surface area contributed by atoms with Crippen LogP contribution in [0.1, 0.15) is 63.0 Å². The lowest BCUT2D eigenvalue weighted by Gasteiger charge is -2.18. The molecule has 0 aliphatic carbocycles. The third-order valence-corrected chi connectivity index (χ3v) is 3.14. The van der Waals surface area contributed by atoms with Crippen molar-refractivity contribution in [3.05, 3.63) is 24.1 Å². The van der Waals surface area contributed by atoms with Crippen LogP contribution < -0.4 is 5.73 Å². The highest BCUT2D eigenvalue weighted by atomic mass is 16.6. The van der Waals surface area contributed by atoms with Crippen LogP contribution in [0.4, 0.5) is 0 Å². The number of esters is 1. The quantitative estimate of drug-likeness (QED) is 0.770. The first-order valence-electron chi connectivity index (χ1n) is 7.79. The first kappa shape index (κ1) is 18.2. The van der Waals surface area contributed by atoms with E-state index in [1.165, 1.54) is 12.5 Å². The maximum Gasteiger partial charge on any atom is 0.360 e. The minimum atomic E-state index is -0.747. The molecule has 2 unspecified atom stereocenters. The number of aromatic nitrogens is 2. The summed E-state index contributed by atoms with van der Waals surface area (Å²) in [6.45, 7) is 7.23. The fourth-order valence-electron chi connectivity index (χ4n) is 1.99. The van der Waals surface area contributed by atoms with Crippen molar-refractivity contribution in [2.24, 2.45) is 5.73 Å². The van der Waals surface area contributed by atoms with E-state index in [1.54, 1.807) is 20.8 Å². The summed E-state index contributed by atoms with van der Waals surface area (Å²) in [4.78, 5) is 20.2. The second-order valence-corrected chi connectivity index (χ2v) is 6.49.